The first-order valence-corrected chi connectivity index (χ1v) is 6.27. The van der Waals surface area contributed by atoms with Crippen molar-refractivity contribution in [2.24, 2.45) is 0 Å². The molecule has 0 bridgehead atoms. The third-order valence-corrected chi connectivity index (χ3v) is 3.04. The molecule has 6 nitrogen and oxygen atoms in total. The van der Waals surface area contributed by atoms with Gasteiger partial charge in [-0.05, 0) is 12.1 Å². The average molecular weight is 288 g/mol. The van der Waals surface area contributed by atoms with Crippen molar-refractivity contribution in [2.45, 2.75) is 0 Å². The summed E-state index contributed by atoms with van der Waals surface area (Å²) in [5.41, 5.74) is 1.33. The molecule has 20 heavy (non-hydrogen) atoms. The number of hydrogen-bond acceptors (Lipinski definition) is 5. The molecule has 0 atom stereocenters. The molecule has 0 fully saturated rings. The molecule has 3 aromatic rings. The molecule has 2 aromatic heterocycles. The van der Waals surface area contributed by atoms with Crippen LogP contribution in [-0.4, -0.2) is 26.8 Å². The van der Waals surface area contributed by atoms with Crippen LogP contribution in [0.15, 0.2) is 41.2 Å². The van der Waals surface area contributed by atoms with Gasteiger partial charge in [0.05, 0.1) is 11.2 Å². The predicted molar refractivity (Wildman–Crippen MR) is 77.5 cm³/mol. The van der Waals surface area contributed by atoms with E-state index in [1.165, 1.54) is 4.57 Å². The van der Waals surface area contributed by atoms with E-state index in [2.05, 4.69) is 20.5 Å². The van der Waals surface area contributed by atoms with Gasteiger partial charge < -0.3 is 5.32 Å². The zero-order valence-corrected chi connectivity index (χ0v) is 11.3. The summed E-state index contributed by atoms with van der Waals surface area (Å²) >= 11 is 5.90. The number of benzene rings is 1. The maximum atomic E-state index is 12.2. The minimum Gasteiger partial charge on any atom is -0.371 e. The number of para-hydroxylation sites is 1. The molecule has 0 unspecified atom stereocenters. The lowest BCUT2D eigenvalue weighted by Gasteiger charge is -2.11. The van der Waals surface area contributed by atoms with Crippen LogP contribution in [0.5, 0.6) is 0 Å². The van der Waals surface area contributed by atoms with Crippen molar-refractivity contribution in [1.29, 1.82) is 0 Å². The Morgan fingerprint density at radius 1 is 1.20 bits per heavy atom. The summed E-state index contributed by atoms with van der Waals surface area (Å²) in [5.74, 6) is 0.376. The van der Waals surface area contributed by atoms with E-state index in [0.29, 0.717) is 22.5 Å². The minimum absolute atomic E-state index is 0.217. The summed E-state index contributed by atoms with van der Waals surface area (Å²) in [6, 6.07) is 10.8. The number of nitrogens with zero attached hydrogens (tertiary/aromatic N) is 4. The van der Waals surface area contributed by atoms with Gasteiger partial charge in [0.1, 0.15) is 0 Å². The summed E-state index contributed by atoms with van der Waals surface area (Å²) in [7, 11) is 1.67. The molecule has 0 aliphatic heterocycles. The predicted octanol–water partition coefficient (Wildman–Crippen LogP) is 1.87. The number of halogens is 1. The Hall–Kier alpha value is -2.47. The van der Waals surface area contributed by atoms with Crippen molar-refractivity contribution < 1.29 is 0 Å². The lowest BCUT2D eigenvalue weighted by atomic mass is 10.3. The first kappa shape index (κ1) is 12.6. The maximum absolute atomic E-state index is 12.2. The van der Waals surface area contributed by atoms with E-state index in [-0.39, 0.29) is 5.15 Å². The van der Waals surface area contributed by atoms with Crippen LogP contribution in [-0.2, 0) is 0 Å². The minimum atomic E-state index is -0.405. The molecular formula is C13H10ClN5O. The first-order chi connectivity index (χ1) is 9.70. The molecule has 0 saturated carbocycles. The molecule has 0 radical (unpaired) electrons. The highest BCUT2D eigenvalue weighted by Crippen LogP contribution is 2.21. The van der Waals surface area contributed by atoms with Gasteiger partial charge in [-0.25, -0.2) is 4.79 Å². The number of hydrogen-bond donors (Lipinski definition) is 1. The van der Waals surface area contributed by atoms with Crippen molar-refractivity contribution in [3.05, 3.63) is 52.0 Å². The van der Waals surface area contributed by atoms with Crippen LogP contribution in [0.3, 0.4) is 0 Å². The van der Waals surface area contributed by atoms with Gasteiger partial charge in [0, 0.05) is 13.1 Å². The fourth-order valence-electron chi connectivity index (χ4n) is 2.00. The second kappa shape index (κ2) is 4.90. The van der Waals surface area contributed by atoms with E-state index in [1.54, 1.807) is 13.1 Å². The number of fused-ring (bicyclic) bond motifs is 1. The number of rotatable bonds is 2. The molecule has 0 aliphatic rings. The van der Waals surface area contributed by atoms with Crippen LogP contribution in [0, 0.1) is 0 Å². The molecule has 100 valence electrons. The molecular weight excluding hydrogens is 278 g/mol. The van der Waals surface area contributed by atoms with Crippen LogP contribution in [0.4, 0.5) is 5.82 Å². The van der Waals surface area contributed by atoms with Crippen LogP contribution in [0.25, 0.3) is 16.7 Å². The van der Waals surface area contributed by atoms with Gasteiger partial charge in [-0.2, -0.15) is 4.98 Å². The largest absolute Gasteiger partial charge is 0.371 e. The Morgan fingerprint density at radius 2 is 1.95 bits per heavy atom. The summed E-state index contributed by atoms with van der Waals surface area (Å²) < 4.78 is 1.46. The Morgan fingerprint density at radius 3 is 2.65 bits per heavy atom. The highest BCUT2D eigenvalue weighted by atomic mass is 35.5. The van der Waals surface area contributed by atoms with Crippen LogP contribution < -0.4 is 11.0 Å². The van der Waals surface area contributed by atoms with E-state index in [9.17, 15) is 4.79 Å². The zero-order chi connectivity index (χ0) is 14.1. The second-order valence-electron chi connectivity index (χ2n) is 4.06. The lowest BCUT2D eigenvalue weighted by molar-refractivity contribution is 0.940. The highest BCUT2D eigenvalue weighted by Gasteiger charge is 2.13. The third kappa shape index (κ3) is 2.00. The second-order valence-corrected chi connectivity index (χ2v) is 4.45. The van der Waals surface area contributed by atoms with Crippen molar-refractivity contribution >= 4 is 28.5 Å². The van der Waals surface area contributed by atoms with E-state index in [4.69, 9.17) is 11.6 Å². The summed E-state index contributed by atoms with van der Waals surface area (Å²) in [5, 5.41) is 10.9. The molecule has 2 heterocycles. The fourth-order valence-corrected chi connectivity index (χ4v) is 2.14. The maximum Gasteiger partial charge on any atom is 0.354 e. The number of anilines is 1. The summed E-state index contributed by atoms with van der Waals surface area (Å²) in [6.45, 7) is 0. The Labute approximate surface area is 119 Å². The summed E-state index contributed by atoms with van der Waals surface area (Å²) in [6.07, 6.45) is 0. The lowest BCUT2D eigenvalue weighted by Crippen LogP contribution is -2.23. The average Bonchev–Trinajstić information content (AvgIpc) is 2.47. The highest BCUT2D eigenvalue weighted by molar-refractivity contribution is 6.29. The molecule has 7 heteroatoms. The zero-order valence-electron chi connectivity index (χ0n) is 10.5. The Bertz CT molecular complexity index is 831. The number of nitrogens with one attached hydrogen (secondary N) is 1. The van der Waals surface area contributed by atoms with Crippen molar-refractivity contribution in [3.8, 4) is 5.69 Å². The Kier molecular flexibility index (Phi) is 3.08. The van der Waals surface area contributed by atoms with Gasteiger partial charge in [0.25, 0.3) is 0 Å². The van der Waals surface area contributed by atoms with Gasteiger partial charge in [-0.3, -0.25) is 4.57 Å². The van der Waals surface area contributed by atoms with E-state index < -0.39 is 5.69 Å². The van der Waals surface area contributed by atoms with Gasteiger partial charge in [0.15, 0.2) is 16.5 Å². The van der Waals surface area contributed by atoms with E-state index in [1.807, 2.05) is 30.3 Å². The van der Waals surface area contributed by atoms with Crippen molar-refractivity contribution in [2.75, 3.05) is 12.4 Å². The van der Waals surface area contributed by atoms with Crippen molar-refractivity contribution in [3.63, 3.8) is 0 Å². The van der Waals surface area contributed by atoms with Crippen molar-refractivity contribution in [1.82, 2.24) is 19.7 Å². The van der Waals surface area contributed by atoms with Gasteiger partial charge in [-0.15, -0.1) is 10.2 Å². The van der Waals surface area contributed by atoms with E-state index >= 15 is 0 Å². The van der Waals surface area contributed by atoms with Crippen LogP contribution in [0.2, 0.25) is 5.15 Å². The third-order valence-electron chi connectivity index (χ3n) is 2.86. The van der Waals surface area contributed by atoms with Gasteiger partial charge >= 0.3 is 5.69 Å². The molecule has 0 amide bonds. The topological polar surface area (TPSA) is 72.7 Å². The Balaban J connectivity index is 2.46. The quantitative estimate of drug-likeness (QED) is 0.779. The van der Waals surface area contributed by atoms with Crippen LogP contribution >= 0.6 is 11.6 Å². The summed E-state index contributed by atoms with van der Waals surface area (Å²) in [4.78, 5) is 16.2. The van der Waals surface area contributed by atoms with E-state index in [0.717, 1.165) is 0 Å². The monoisotopic (exact) mass is 287 g/mol. The molecule has 0 saturated heterocycles. The normalized spacial score (nSPS) is 10.7. The smallest absolute Gasteiger partial charge is 0.354 e. The molecule has 0 aliphatic carbocycles. The fraction of sp³-hybridized carbons (Fsp3) is 0.0769. The standard InChI is InChI=1S/C13H10ClN5O/c1-15-12-11-9(7-10(14)17-18-11)19(13(20)16-12)8-5-3-2-4-6-8/h2-7H,1H3,(H,15,16,20). The van der Waals surface area contributed by atoms with Crippen LogP contribution in [0.1, 0.15) is 0 Å². The van der Waals surface area contributed by atoms with Gasteiger partial charge in [0.2, 0.25) is 0 Å². The molecule has 0 spiro atoms. The molecule has 3 rings (SSSR count). The molecule has 1 N–H and O–H groups in total. The number of aromatic nitrogens is 4. The first-order valence-electron chi connectivity index (χ1n) is 5.90. The molecule has 1 aromatic carbocycles. The SMILES string of the molecule is CNc1nc(=O)n(-c2ccccc2)c2cc(Cl)nnc12. The van der Waals surface area contributed by atoms with Gasteiger partial charge in [-0.1, -0.05) is 29.8 Å².